The molecule has 1 heterocycles. The van der Waals surface area contributed by atoms with E-state index >= 15 is 0 Å². The van der Waals surface area contributed by atoms with Gasteiger partial charge in [0.1, 0.15) is 0 Å². The molecule has 3 nitrogen and oxygen atoms in total. The fourth-order valence-electron chi connectivity index (χ4n) is 2.51. The second kappa shape index (κ2) is 6.95. The maximum Gasteiger partial charge on any atom is 0.401 e. The summed E-state index contributed by atoms with van der Waals surface area (Å²) in [5, 5.41) is 11.1. The van der Waals surface area contributed by atoms with Crippen LogP contribution in [0.15, 0.2) is 0 Å². The maximum absolute atomic E-state index is 12.4. The summed E-state index contributed by atoms with van der Waals surface area (Å²) in [6.45, 7) is -0.929. The third kappa shape index (κ3) is 7.30. The van der Waals surface area contributed by atoms with Crippen molar-refractivity contribution < 1.29 is 31.4 Å². The number of alkyl halides is 6. The van der Waals surface area contributed by atoms with Gasteiger partial charge in [0.05, 0.1) is 13.2 Å². The Morgan fingerprint density at radius 2 is 1.70 bits per heavy atom. The van der Waals surface area contributed by atoms with Crippen molar-refractivity contribution >= 4 is 0 Å². The van der Waals surface area contributed by atoms with Gasteiger partial charge in [-0.3, -0.25) is 4.90 Å². The van der Waals surface area contributed by atoms with Gasteiger partial charge in [0.25, 0.3) is 0 Å². The molecule has 0 aromatic heterocycles. The molecule has 1 fully saturated rings. The Balaban J connectivity index is 2.56. The molecule has 0 saturated carbocycles. The number of nitrogens with zero attached hydrogens (tertiary/aromatic N) is 1. The smallest absolute Gasteiger partial charge is 0.395 e. The number of hydrogen-bond acceptors (Lipinski definition) is 3. The van der Waals surface area contributed by atoms with E-state index in [0.29, 0.717) is 0 Å². The van der Waals surface area contributed by atoms with Crippen LogP contribution < -0.4 is 5.32 Å². The standard InChI is InChI=1S/C11H18F6N2O/c12-10(13,14)4-8-3-9(18-7-11(15,16)17)6-19(5-8)1-2-20/h8-9,18,20H,1-7H2. The third-order valence-electron chi connectivity index (χ3n) is 3.14. The first-order valence-electron chi connectivity index (χ1n) is 6.29. The minimum absolute atomic E-state index is 0.0531. The first kappa shape index (κ1) is 17.5. The van der Waals surface area contributed by atoms with Gasteiger partial charge in [0.15, 0.2) is 0 Å². The molecule has 1 aliphatic heterocycles. The van der Waals surface area contributed by atoms with Crippen LogP contribution in [-0.2, 0) is 0 Å². The van der Waals surface area contributed by atoms with E-state index in [9.17, 15) is 26.3 Å². The van der Waals surface area contributed by atoms with Gasteiger partial charge in [-0.1, -0.05) is 0 Å². The van der Waals surface area contributed by atoms with Gasteiger partial charge in [-0.05, 0) is 12.3 Å². The summed E-state index contributed by atoms with van der Waals surface area (Å²) < 4.78 is 73.5. The summed E-state index contributed by atoms with van der Waals surface area (Å²) in [5.74, 6) is -0.749. The molecule has 0 aromatic carbocycles. The van der Waals surface area contributed by atoms with Crippen molar-refractivity contribution in [1.82, 2.24) is 10.2 Å². The van der Waals surface area contributed by atoms with Gasteiger partial charge in [0, 0.05) is 32.1 Å². The highest BCUT2D eigenvalue weighted by molar-refractivity contribution is 4.85. The van der Waals surface area contributed by atoms with Crippen LogP contribution >= 0.6 is 0 Å². The lowest BCUT2D eigenvalue weighted by molar-refractivity contribution is -0.150. The second-order valence-electron chi connectivity index (χ2n) is 5.10. The average molecular weight is 308 g/mol. The Labute approximate surface area is 112 Å². The van der Waals surface area contributed by atoms with E-state index in [-0.39, 0.29) is 32.7 Å². The number of likely N-dealkylation sites (tertiary alicyclic amines) is 1. The molecule has 0 aliphatic carbocycles. The normalized spacial score (nSPS) is 25.9. The first-order valence-corrected chi connectivity index (χ1v) is 6.29. The van der Waals surface area contributed by atoms with Gasteiger partial charge >= 0.3 is 12.4 Å². The number of aliphatic hydroxyl groups excluding tert-OH is 1. The number of hydrogen-bond donors (Lipinski definition) is 2. The van der Waals surface area contributed by atoms with Crippen LogP contribution in [0.3, 0.4) is 0 Å². The van der Waals surface area contributed by atoms with E-state index in [1.807, 2.05) is 0 Å². The van der Waals surface area contributed by atoms with Gasteiger partial charge in [-0.15, -0.1) is 0 Å². The molecule has 2 N–H and O–H groups in total. The zero-order chi connectivity index (χ0) is 15.4. The Bertz CT molecular complexity index is 294. The van der Waals surface area contributed by atoms with Crippen LogP contribution in [0, 0.1) is 5.92 Å². The number of halogens is 6. The molecule has 20 heavy (non-hydrogen) atoms. The average Bonchev–Trinajstić information content (AvgIpc) is 2.23. The quantitative estimate of drug-likeness (QED) is 0.760. The van der Waals surface area contributed by atoms with Crippen molar-refractivity contribution in [3.63, 3.8) is 0 Å². The van der Waals surface area contributed by atoms with Crippen LogP contribution in [0.4, 0.5) is 26.3 Å². The summed E-state index contributed by atoms with van der Waals surface area (Å²) in [5.41, 5.74) is 0. The highest BCUT2D eigenvalue weighted by atomic mass is 19.4. The van der Waals surface area contributed by atoms with Crippen LogP contribution in [0.5, 0.6) is 0 Å². The predicted molar refractivity (Wildman–Crippen MR) is 60.2 cm³/mol. The molecule has 0 radical (unpaired) electrons. The molecular formula is C11H18F6N2O. The van der Waals surface area contributed by atoms with E-state index < -0.39 is 37.3 Å². The van der Waals surface area contributed by atoms with E-state index in [1.165, 1.54) is 0 Å². The lowest BCUT2D eigenvalue weighted by atomic mass is 9.91. The van der Waals surface area contributed by atoms with Gasteiger partial charge < -0.3 is 10.4 Å². The number of piperidine rings is 1. The molecule has 2 atom stereocenters. The van der Waals surface area contributed by atoms with E-state index in [4.69, 9.17) is 5.11 Å². The fraction of sp³-hybridized carbons (Fsp3) is 1.00. The van der Waals surface area contributed by atoms with Crippen LogP contribution in [0.2, 0.25) is 0 Å². The highest BCUT2D eigenvalue weighted by Gasteiger charge is 2.37. The maximum atomic E-state index is 12.4. The minimum atomic E-state index is -4.39. The van der Waals surface area contributed by atoms with Crippen LogP contribution in [-0.4, -0.2) is 61.2 Å². The van der Waals surface area contributed by atoms with Crippen molar-refractivity contribution in [2.24, 2.45) is 5.92 Å². The summed E-state index contributed by atoms with van der Waals surface area (Å²) in [6, 6.07) is -0.649. The highest BCUT2D eigenvalue weighted by Crippen LogP contribution is 2.30. The lowest BCUT2D eigenvalue weighted by Gasteiger charge is -2.38. The first-order chi connectivity index (χ1) is 9.09. The van der Waals surface area contributed by atoms with Crippen molar-refractivity contribution in [3.05, 3.63) is 0 Å². The molecule has 120 valence electrons. The lowest BCUT2D eigenvalue weighted by Crippen LogP contribution is -2.52. The Kier molecular flexibility index (Phi) is 6.08. The Morgan fingerprint density at radius 3 is 2.20 bits per heavy atom. The Hall–Kier alpha value is -0.540. The molecular weight excluding hydrogens is 290 g/mol. The van der Waals surface area contributed by atoms with Gasteiger partial charge in [0.2, 0.25) is 0 Å². The van der Waals surface area contributed by atoms with E-state index in [1.54, 1.807) is 4.90 Å². The SMILES string of the molecule is OCCN1CC(CC(F)(F)F)CC(NCC(F)(F)F)C1. The van der Waals surface area contributed by atoms with Crippen molar-refractivity contribution in [3.8, 4) is 0 Å². The fourth-order valence-corrected chi connectivity index (χ4v) is 2.51. The summed E-state index contributed by atoms with van der Waals surface area (Å²) in [7, 11) is 0. The van der Waals surface area contributed by atoms with Gasteiger partial charge in [-0.25, -0.2) is 0 Å². The Morgan fingerprint density at radius 1 is 1.05 bits per heavy atom. The molecule has 9 heteroatoms. The van der Waals surface area contributed by atoms with Crippen molar-refractivity contribution in [2.45, 2.75) is 31.2 Å². The zero-order valence-corrected chi connectivity index (χ0v) is 10.8. The number of aliphatic hydroxyl groups is 1. The second-order valence-corrected chi connectivity index (χ2v) is 5.10. The zero-order valence-electron chi connectivity index (χ0n) is 10.8. The summed E-state index contributed by atoms with van der Waals surface area (Å²) >= 11 is 0. The molecule has 0 bridgehead atoms. The minimum Gasteiger partial charge on any atom is -0.395 e. The van der Waals surface area contributed by atoms with E-state index in [0.717, 1.165) is 0 Å². The molecule has 0 amide bonds. The monoisotopic (exact) mass is 308 g/mol. The molecule has 2 unspecified atom stereocenters. The molecule has 0 aromatic rings. The molecule has 1 aliphatic rings. The topological polar surface area (TPSA) is 35.5 Å². The summed E-state index contributed by atoms with van der Waals surface area (Å²) in [6.07, 6.45) is -9.68. The number of β-amino-alcohol motifs (C(OH)–C–C–N with tert-alkyl or cyclic N) is 1. The van der Waals surface area contributed by atoms with Crippen molar-refractivity contribution in [2.75, 3.05) is 32.8 Å². The largest absolute Gasteiger partial charge is 0.401 e. The summed E-state index contributed by atoms with van der Waals surface area (Å²) in [4.78, 5) is 1.56. The molecule has 1 rings (SSSR count). The van der Waals surface area contributed by atoms with Gasteiger partial charge in [-0.2, -0.15) is 26.3 Å². The molecule has 0 spiro atoms. The van der Waals surface area contributed by atoms with E-state index in [2.05, 4.69) is 5.32 Å². The van der Waals surface area contributed by atoms with Crippen LogP contribution in [0.1, 0.15) is 12.8 Å². The third-order valence-corrected chi connectivity index (χ3v) is 3.14. The molecule has 1 saturated heterocycles. The van der Waals surface area contributed by atoms with Crippen LogP contribution in [0.25, 0.3) is 0 Å². The number of rotatable bonds is 5. The number of nitrogens with one attached hydrogen (secondary N) is 1. The van der Waals surface area contributed by atoms with Crippen molar-refractivity contribution in [1.29, 1.82) is 0 Å². The predicted octanol–water partition coefficient (Wildman–Crippen LogP) is 1.77.